The van der Waals surface area contributed by atoms with E-state index in [4.69, 9.17) is 4.74 Å². The van der Waals surface area contributed by atoms with Crippen molar-refractivity contribution in [2.24, 2.45) is 35.5 Å². The molecular weight excluding hydrogens is 196 g/mol. The molecular formula is C15H28O. The van der Waals surface area contributed by atoms with Gasteiger partial charge >= 0.3 is 0 Å². The Labute approximate surface area is 101 Å². The second-order valence-electron chi connectivity index (χ2n) is 6.93. The van der Waals surface area contributed by atoms with Crippen LogP contribution in [0.3, 0.4) is 0 Å². The highest BCUT2D eigenvalue weighted by Gasteiger charge is 2.55. The third-order valence-electron chi connectivity index (χ3n) is 4.91. The van der Waals surface area contributed by atoms with Crippen LogP contribution in [0.25, 0.3) is 0 Å². The fourth-order valence-electron chi connectivity index (χ4n) is 4.20. The van der Waals surface area contributed by atoms with E-state index in [0.717, 1.165) is 35.5 Å². The van der Waals surface area contributed by atoms with Crippen molar-refractivity contribution in [1.29, 1.82) is 0 Å². The van der Waals surface area contributed by atoms with E-state index in [9.17, 15) is 0 Å². The molecule has 0 N–H and O–H groups in total. The van der Waals surface area contributed by atoms with Gasteiger partial charge in [0.1, 0.15) is 0 Å². The Morgan fingerprint density at radius 2 is 1.38 bits per heavy atom. The number of fused-ring (bicyclic) bond motifs is 2. The summed E-state index contributed by atoms with van der Waals surface area (Å²) in [6, 6.07) is 0. The molecule has 2 rings (SSSR count). The third kappa shape index (κ3) is 1.81. The van der Waals surface area contributed by atoms with Crippen LogP contribution in [0.4, 0.5) is 0 Å². The summed E-state index contributed by atoms with van der Waals surface area (Å²) in [5.74, 6) is 4.74. The van der Waals surface area contributed by atoms with Gasteiger partial charge < -0.3 is 4.74 Å². The molecule has 2 bridgehead atoms. The van der Waals surface area contributed by atoms with Crippen molar-refractivity contribution in [2.45, 2.75) is 60.2 Å². The van der Waals surface area contributed by atoms with Gasteiger partial charge in [-0.1, -0.05) is 41.5 Å². The van der Waals surface area contributed by atoms with Crippen molar-refractivity contribution in [1.82, 2.24) is 0 Å². The summed E-state index contributed by atoms with van der Waals surface area (Å²) in [7, 11) is 0. The molecule has 16 heavy (non-hydrogen) atoms. The number of ether oxygens (including phenoxy) is 1. The van der Waals surface area contributed by atoms with Crippen molar-refractivity contribution < 1.29 is 4.74 Å². The Kier molecular flexibility index (Phi) is 3.36. The fourth-order valence-corrected chi connectivity index (χ4v) is 4.20. The van der Waals surface area contributed by atoms with Gasteiger partial charge in [-0.15, -0.1) is 0 Å². The first kappa shape index (κ1) is 12.4. The number of hydrogen-bond acceptors (Lipinski definition) is 1. The quantitative estimate of drug-likeness (QED) is 0.704. The molecule has 0 aromatic heterocycles. The highest BCUT2D eigenvalue weighted by atomic mass is 16.5. The monoisotopic (exact) mass is 224 g/mol. The molecule has 2 aliphatic rings. The van der Waals surface area contributed by atoms with Crippen molar-refractivity contribution in [3.8, 4) is 0 Å². The molecule has 0 spiro atoms. The molecule has 0 aromatic rings. The number of hydrogen-bond donors (Lipinski definition) is 0. The van der Waals surface area contributed by atoms with E-state index in [-0.39, 0.29) is 0 Å². The highest BCUT2D eigenvalue weighted by molar-refractivity contribution is 5.03. The predicted octanol–water partition coefficient (Wildman–Crippen LogP) is 3.97. The van der Waals surface area contributed by atoms with Gasteiger partial charge in [0, 0.05) is 0 Å². The molecule has 0 aliphatic carbocycles. The lowest BCUT2D eigenvalue weighted by Gasteiger charge is -2.38. The van der Waals surface area contributed by atoms with Gasteiger partial charge in [-0.3, -0.25) is 0 Å². The van der Waals surface area contributed by atoms with E-state index < -0.39 is 0 Å². The zero-order valence-electron chi connectivity index (χ0n) is 11.7. The minimum atomic E-state index is 0.553. The van der Waals surface area contributed by atoms with E-state index >= 15 is 0 Å². The van der Waals surface area contributed by atoms with E-state index in [0.29, 0.717) is 12.2 Å². The maximum Gasteiger partial charge on any atom is 0.0644 e. The largest absolute Gasteiger partial charge is 0.374 e. The molecule has 5 atom stereocenters. The zero-order valence-corrected chi connectivity index (χ0v) is 11.7. The summed E-state index contributed by atoms with van der Waals surface area (Å²) < 4.78 is 6.29. The van der Waals surface area contributed by atoms with E-state index in [1.807, 2.05) is 0 Å². The zero-order chi connectivity index (χ0) is 12.0. The average Bonchev–Trinajstić information content (AvgIpc) is 2.72. The summed E-state index contributed by atoms with van der Waals surface area (Å²) in [6.45, 7) is 14.2. The Bertz CT molecular complexity index is 244. The predicted molar refractivity (Wildman–Crippen MR) is 68.3 cm³/mol. The summed E-state index contributed by atoms with van der Waals surface area (Å²) in [5, 5.41) is 0. The molecule has 1 nitrogen and oxygen atoms in total. The fraction of sp³-hybridized carbons (Fsp3) is 1.00. The minimum Gasteiger partial charge on any atom is -0.374 e. The average molecular weight is 224 g/mol. The lowest BCUT2D eigenvalue weighted by atomic mass is 9.64. The molecule has 1 heteroatoms. The Morgan fingerprint density at radius 1 is 0.812 bits per heavy atom. The SMILES string of the molecule is CC(C)C1CC2OC1C(C(C)C)C2C(C)C. The molecule has 0 aromatic carbocycles. The van der Waals surface area contributed by atoms with E-state index in [1.54, 1.807) is 0 Å². The van der Waals surface area contributed by atoms with Crippen LogP contribution in [-0.4, -0.2) is 12.2 Å². The van der Waals surface area contributed by atoms with Gasteiger partial charge in [0.25, 0.3) is 0 Å². The molecule has 94 valence electrons. The molecule has 0 amide bonds. The third-order valence-corrected chi connectivity index (χ3v) is 4.91. The lowest BCUT2D eigenvalue weighted by molar-refractivity contribution is 0.0562. The van der Waals surface area contributed by atoms with Crippen LogP contribution in [0.5, 0.6) is 0 Å². The Morgan fingerprint density at radius 3 is 1.81 bits per heavy atom. The highest BCUT2D eigenvalue weighted by Crippen LogP contribution is 2.53. The standard InChI is InChI=1S/C15H28O/c1-8(2)11-7-12-13(9(3)4)14(10(5)6)15(11)16-12/h8-15H,7H2,1-6H3. The second-order valence-corrected chi connectivity index (χ2v) is 6.93. The van der Waals surface area contributed by atoms with Crippen LogP contribution in [0.2, 0.25) is 0 Å². The van der Waals surface area contributed by atoms with Gasteiger partial charge in [-0.05, 0) is 41.9 Å². The first-order valence-electron chi connectivity index (χ1n) is 7.09. The van der Waals surface area contributed by atoms with Crippen LogP contribution >= 0.6 is 0 Å². The number of rotatable bonds is 3. The smallest absolute Gasteiger partial charge is 0.0644 e. The first-order valence-corrected chi connectivity index (χ1v) is 7.09. The normalized spacial score (nSPS) is 42.9. The van der Waals surface area contributed by atoms with Gasteiger partial charge in [0.05, 0.1) is 12.2 Å². The lowest BCUT2D eigenvalue weighted by Crippen LogP contribution is -2.40. The molecule has 2 fully saturated rings. The molecule has 0 radical (unpaired) electrons. The van der Waals surface area contributed by atoms with Gasteiger partial charge in [0.2, 0.25) is 0 Å². The summed E-state index contributed by atoms with van der Waals surface area (Å²) in [4.78, 5) is 0. The van der Waals surface area contributed by atoms with Gasteiger partial charge in [0.15, 0.2) is 0 Å². The first-order chi connectivity index (χ1) is 7.43. The van der Waals surface area contributed by atoms with Crippen LogP contribution < -0.4 is 0 Å². The van der Waals surface area contributed by atoms with E-state index in [2.05, 4.69) is 41.5 Å². The molecule has 2 heterocycles. The molecule has 5 unspecified atom stereocenters. The molecule has 2 aliphatic heterocycles. The van der Waals surface area contributed by atoms with Crippen LogP contribution in [-0.2, 0) is 4.74 Å². The molecule has 0 saturated carbocycles. The summed E-state index contributed by atoms with van der Waals surface area (Å²) >= 11 is 0. The summed E-state index contributed by atoms with van der Waals surface area (Å²) in [6.07, 6.45) is 2.43. The molecule has 2 saturated heterocycles. The Balaban J connectivity index is 2.19. The van der Waals surface area contributed by atoms with Crippen molar-refractivity contribution in [2.75, 3.05) is 0 Å². The van der Waals surface area contributed by atoms with Crippen molar-refractivity contribution in [3.63, 3.8) is 0 Å². The summed E-state index contributed by atoms with van der Waals surface area (Å²) in [5.41, 5.74) is 0. The minimum absolute atomic E-state index is 0.553. The van der Waals surface area contributed by atoms with Crippen molar-refractivity contribution >= 4 is 0 Å². The maximum absolute atomic E-state index is 6.29. The van der Waals surface area contributed by atoms with E-state index in [1.165, 1.54) is 6.42 Å². The van der Waals surface area contributed by atoms with Crippen molar-refractivity contribution in [3.05, 3.63) is 0 Å². The maximum atomic E-state index is 6.29. The topological polar surface area (TPSA) is 9.23 Å². The Hall–Kier alpha value is -0.0400. The van der Waals surface area contributed by atoms with Crippen LogP contribution in [0, 0.1) is 35.5 Å². The van der Waals surface area contributed by atoms with Crippen LogP contribution in [0.1, 0.15) is 48.0 Å². The van der Waals surface area contributed by atoms with Crippen LogP contribution in [0.15, 0.2) is 0 Å². The second kappa shape index (κ2) is 4.33. The van der Waals surface area contributed by atoms with Gasteiger partial charge in [-0.2, -0.15) is 0 Å². The van der Waals surface area contributed by atoms with Gasteiger partial charge in [-0.25, -0.2) is 0 Å².